The lowest BCUT2D eigenvalue weighted by Gasteiger charge is -2.24. The lowest BCUT2D eigenvalue weighted by Crippen LogP contribution is -2.37. The molecule has 0 fully saturated rings. The Bertz CT molecular complexity index is 569. The van der Waals surface area contributed by atoms with E-state index in [1.165, 1.54) is 11.7 Å². The van der Waals surface area contributed by atoms with Gasteiger partial charge in [0.25, 0.3) is 9.05 Å². The zero-order valence-electron chi connectivity index (χ0n) is 9.29. The van der Waals surface area contributed by atoms with Crippen LogP contribution < -0.4 is 10.1 Å². The van der Waals surface area contributed by atoms with Crippen LogP contribution in [0.3, 0.4) is 0 Å². The molecular weight excluding hydrogens is 286 g/mol. The number of alkyl carbamates (subject to hydrolysis) is 1. The summed E-state index contributed by atoms with van der Waals surface area (Å²) in [5.74, 6) is 0.0572. The van der Waals surface area contributed by atoms with Crippen LogP contribution in [0.5, 0.6) is 5.88 Å². The molecule has 0 spiro atoms. The molecule has 1 N–H and O–H groups in total. The van der Waals surface area contributed by atoms with Crippen LogP contribution in [0.1, 0.15) is 0 Å². The van der Waals surface area contributed by atoms with Crippen molar-refractivity contribution in [3.8, 4) is 5.88 Å². The molecule has 1 amide bonds. The highest BCUT2D eigenvalue weighted by Gasteiger charge is 2.30. The summed E-state index contributed by atoms with van der Waals surface area (Å²) in [6.07, 6.45) is -0.0347. The summed E-state index contributed by atoms with van der Waals surface area (Å²) in [6, 6.07) is 0. The highest BCUT2D eigenvalue weighted by Crippen LogP contribution is 2.29. The Morgan fingerprint density at radius 3 is 3.06 bits per heavy atom. The van der Waals surface area contributed by atoms with Crippen LogP contribution in [0.15, 0.2) is 11.1 Å². The van der Waals surface area contributed by atoms with Crippen molar-refractivity contribution >= 4 is 25.8 Å². The van der Waals surface area contributed by atoms with E-state index in [9.17, 15) is 13.2 Å². The van der Waals surface area contributed by atoms with Crippen molar-refractivity contribution < 1.29 is 22.7 Å². The van der Waals surface area contributed by atoms with Gasteiger partial charge in [0.15, 0.2) is 11.0 Å². The number of aromatic nitrogens is 2. The van der Waals surface area contributed by atoms with Gasteiger partial charge in [-0.25, -0.2) is 17.9 Å². The van der Waals surface area contributed by atoms with Crippen molar-refractivity contribution in [2.24, 2.45) is 0 Å². The predicted molar refractivity (Wildman–Crippen MR) is 60.1 cm³/mol. The van der Waals surface area contributed by atoms with Gasteiger partial charge in [0.2, 0.25) is 5.88 Å². The molecular formula is C8H10ClN3O5S. The minimum Gasteiger partial charge on any atom is -0.473 e. The zero-order valence-corrected chi connectivity index (χ0v) is 10.9. The van der Waals surface area contributed by atoms with Crippen molar-refractivity contribution in [1.82, 2.24) is 15.1 Å². The molecule has 10 heteroatoms. The van der Waals surface area contributed by atoms with E-state index in [1.807, 2.05) is 0 Å². The van der Waals surface area contributed by atoms with Crippen molar-refractivity contribution in [1.29, 1.82) is 0 Å². The first-order chi connectivity index (χ1) is 8.41. The summed E-state index contributed by atoms with van der Waals surface area (Å²) in [4.78, 5) is 10.8. The van der Waals surface area contributed by atoms with E-state index < -0.39 is 21.2 Å². The van der Waals surface area contributed by atoms with E-state index >= 15 is 0 Å². The molecule has 100 valence electrons. The fourth-order valence-corrected chi connectivity index (χ4v) is 2.36. The second-order valence-electron chi connectivity index (χ2n) is 3.52. The van der Waals surface area contributed by atoms with Crippen LogP contribution in [0.4, 0.5) is 4.79 Å². The second-order valence-corrected chi connectivity index (χ2v) is 6.06. The highest BCUT2D eigenvalue weighted by atomic mass is 35.7. The molecule has 1 atom stereocenters. The van der Waals surface area contributed by atoms with Crippen LogP contribution >= 0.6 is 10.7 Å². The average Bonchev–Trinajstić information content (AvgIpc) is 2.71. The van der Waals surface area contributed by atoms with Crippen LogP contribution in [-0.4, -0.2) is 44.1 Å². The first kappa shape index (κ1) is 13.0. The Morgan fingerprint density at radius 2 is 2.44 bits per heavy atom. The summed E-state index contributed by atoms with van der Waals surface area (Å²) in [5, 5.41) is 6.13. The largest absolute Gasteiger partial charge is 0.473 e. The number of fused-ring (bicyclic) bond motifs is 1. The second kappa shape index (κ2) is 4.65. The summed E-state index contributed by atoms with van der Waals surface area (Å²) < 4.78 is 33.9. The number of hydrogen-bond acceptors (Lipinski definition) is 6. The fourth-order valence-electron chi connectivity index (χ4n) is 1.50. The van der Waals surface area contributed by atoms with Crippen LogP contribution in [0.2, 0.25) is 0 Å². The molecule has 0 radical (unpaired) electrons. The maximum Gasteiger partial charge on any atom is 0.407 e. The van der Waals surface area contributed by atoms with Gasteiger partial charge in [0, 0.05) is 17.7 Å². The topological polar surface area (TPSA) is 99.5 Å². The smallest absolute Gasteiger partial charge is 0.407 e. The number of halogens is 1. The summed E-state index contributed by atoms with van der Waals surface area (Å²) in [6.45, 7) is 0.244. The lowest BCUT2D eigenvalue weighted by atomic mass is 10.3. The van der Waals surface area contributed by atoms with Crippen molar-refractivity contribution in [3.63, 3.8) is 0 Å². The first-order valence-corrected chi connectivity index (χ1v) is 7.24. The third-order valence-electron chi connectivity index (χ3n) is 2.28. The molecule has 8 nitrogen and oxygen atoms in total. The lowest BCUT2D eigenvalue weighted by molar-refractivity contribution is 0.0300. The maximum absolute atomic E-state index is 11.2. The van der Waals surface area contributed by atoms with E-state index in [1.54, 1.807) is 0 Å². The summed E-state index contributed by atoms with van der Waals surface area (Å²) in [7, 11) is 2.76. The van der Waals surface area contributed by atoms with Gasteiger partial charge in [-0.1, -0.05) is 0 Å². The van der Waals surface area contributed by atoms with E-state index in [4.69, 9.17) is 20.2 Å². The van der Waals surface area contributed by atoms with Crippen LogP contribution in [0.25, 0.3) is 0 Å². The number of amides is 1. The molecule has 0 unspecified atom stereocenters. The molecule has 1 aromatic heterocycles. The minimum atomic E-state index is -3.90. The van der Waals surface area contributed by atoms with Gasteiger partial charge in [0.1, 0.15) is 6.61 Å². The number of rotatable bonds is 2. The number of ether oxygens (including phenoxy) is 2. The molecule has 1 aliphatic heterocycles. The van der Waals surface area contributed by atoms with Gasteiger partial charge in [-0.15, -0.1) is 0 Å². The SMILES string of the molecule is CNC(=O)O[C@H]1COc2c(S(=O)(=O)Cl)cnn2C1. The van der Waals surface area contributed by atoms with Gasteiger partial charge >= 0.3 is 6.09 Å². The predicted octanol–water partition coefficient (Wildman–Crippen LogP) is -0.0724. The first-order valence-electron chi connectivity index (χ1n) is 4.93. The quantitative estimate of drug-likeness (QED) is 0.767. The standard InChI is InChI=1S/C8H10ClN3O5S/c1-10-8(13)17-5-3-12-7(16-4-5)6(2-11-12)18(9,14)15/h2,5H,3-4H2,1H3,(H,10,13)/t5-/m1/s1. The van der Waals surface area contributed by atoms with E-state index in [0.29, 0.717) is 0 Å². The summed E-state index contributed by atoms with van der Waals surface area (Å²) >= 11 is 0. The summed E-state index contributed by atoms with van der Waals surface area (Å²) in [5.41, 5.74) is 0. The highest BCUT2D eigenvalue weighted by molar-refractivity contribution is 8.13. The average molecular weight is 296 g/mol. The van der Waals surface area contributed by atoms with E-state index in [2.05, 4.69) is 10.4 Å². The van der Waals surface area contributed by atoms with Gasteiger partial charge in [-0.05, 0) is 0 Å². The molecule has 0 aliphatic carbocycles. The Balaban J connectivity index is 2.17. The third kappa shape index (κ3) is 2.51. The molecule has 0 saturated carbocycles. The number of carbonyl (C=O) groups is 1. The van der Waals surface area contributed by atoms with Gasteiger partial charge in [-0.3, -0.25) is 0 Å². The number of hydrogen-bond donors (Lipinski definition) is 1. The molecule has 1 aliphatic rings. The fraction of sp³-hybridized carbons (Fsp3) is 0.500. The minimum absolute atomic E-state index is 0.0402. The molecule has 2 heterocycles. The number of nitrogens with one attached hydrogen (secondary N) is 1. The normalized spacial score (nSPS) is 18.7. The molecule has 2 rings (SSSR count). The molecule has 1 aromatic rings. The van der Waals surface area contributed by atoms with Gasteiger partial charge in [-0.2, -0.15) is 5.10 Å². The third-order valence-corrected chi connectivity index (χ3v) is 3.59. The Hall–Kier alpha value is -1.48. The molecule has 0 bridgehead atoms. The Kier molecular flexibility index (Phi) is 3.35. The van der Waals surface area contributed by atoms with E-state index in [-0.39, 0.29) is 23.9 Å². The van der Waals surface area contributed by atoms with Crippen molar-refractivity contribution in [2.45, 2.75) is 17.5 Å². The Labute approximate surface area is 107 Å². The number of nitrogens with zero attached hydrogens (tertiary/aromatic N) is 2. The van der Waals surface area contributed by atoms with Crippen LogP contribution in [-0.2, 0) is 20.3 Å². The zero-order chi connectivity index (χ0) is 13.3. The molecule has 0 aromatic carbocycles. The van der Waals surface area contributed by atoms with Crippen molar-refractivity contribution in [2.75, 3.05) is 13.7 Å². The van der Waals surface area contributed by atoms with E-state index in [0.717, 1.165) is 6.20 Å². The van der Waals surface area contributed by atoms with Crippen molar-refractivity contribution in [3.05, 3.63) is 6.20 Å². The van der Waals surface area contributed by atoms with Gasteiger partial charge < -0.3 is 14.8 Å². The van der Waals surface area contributed by atoms with Crippen LogP contribution in [0, 0.1) is 0 Å². The molecule has 18 heavy (non-hydrogen) atoms. The number of carbonyl (C=O) groups excluding carboxylic acids is 1. The van der Waals surface area contributed by atoms with Gasteiger partial charge in [0.05, 0.1) is 12.7 Å². The monoisotopic (exact) mass is 295 g/mol. The Morgan fingerprint density at radius 1 is 1.72 bits per heavy atom. The maximum atomic E-state index is 11.2. The molecule has 0 saturated heterocycles.